The van der Waals surface area contributed by atoms with Crippen molar-refractivity contribution in [3.63, 3.8) is 0 Å². The number of amides is 1. The van der Waals surface area contributed by atoms with Gasteiger partial charge in [-0.25, -0.2) is 0 Å². The van der Waals surface area contributed by atoms with Gasteiger partial charge in [-0.2, -0.15) is 0 Å². The molecule has 0 aliphatic carbocycles. The molecule has 0 atom stereocenters. The van der Waals surface area contributed by atoms with Gasteiger partial charge in [0.25, 0.3) is 5.91 Å². The molecular weight excluding hydrogens is 232 g/mol. The molecule has 0 radical (unpaired) electrons. The van der Waals surface area contributed by atoms with Crippen LogP contribution in [0.2, 0.25) is 0 Å². The van der Waals surface area contributed by atoms with Crippen LogP contribution in [-0.2, 0) is 17.9 Å². The molecule has 0 unspecified atom stereocenters. The highest BCUT2D eigenvalue weighted by atomic mass is 16.4. The first-order chi connectivity index (χ1) is 8.66. The average Bonchev–Trinajstić information content (AvgIpc) is 2.81. The highest BCUT2D eigenvalue weighted by molar-refractivity contribution is 5.94. The summed E-state index contributed by atoms with van der Waals surface area (Å²) in [5.41, 5.74) is 3.03. The topological polar surface area (TPSA) is 78.4 Å². The number of carbonyl (C=O) groups is 2. The van der Waals surface area contributed by atoms with Gasteiger partial charge in [0.1, 0.15) is 0 Å². The average molecular weight is 248 g/mol. The summed E-state index contributed by atoms with van der Waals surface area (Å²) in [6, 6.07) is 5.65. The van der Waals surface area contributed by atoms with E-state index in [0.29, 0.717) is 18.5 Å². The van der Waals surface area contributed by atoms with E-state index < -0.39 is 5.97 Å². The van der Waals surface area contributed by atoms with Crippen LogP contribution in [0.5, 0.6) is 0 Å². The number of fused-ring (bicyclic) bond motifs is 1. The molecule has 1 aliphatic rings. The molecule has 0 fully saturated rings. The summed E-state index contributed by atoms with van der Waals surface area (Å²) in [6.07, 6.45) is 0.530. The highest BCUT2D eigenvalue weighted by Crippen LogP contribution is 2.16. The molecule has 96 valence electrons. The van der Waals surface area contributed by atoms with E-state index in [1.165, 1.54) is 5.56 Å². The van der Waals surface area contributed by atoms with Gasteiger partial charge >= 0.3 is 5.97 Å². The smallest absolute Gasteiger partial charge is 0.303 e. The zero-order chi connectivity index (χ0) is 13.0. The Balaban J connectivity index is 1.87. The Kier molecular flexibility index (Phi) is 3.94. The molecule has 0 saturated carbocycles. The van der Waals surface area contributed by atoms with Crippen LogP contribution in [0.15, 0.2) is 18.2 Å². The van der Waals surface area contributed by atoms with Crippen LogP contribution < -0.4 is 10.6 Å². The van der Waals surface area contributed by atoms with Crippen molar-refractivity contribution in [2.45, 2.75) is 25.9 Å². The van der Waals surface area contributed by atoms with Crippen molar-refractivity contribution in [1.82, 2.24) is 10.6 Å². The number of benzene rings is 1. The van der Waals surface area contributed by atoms with Crippen LogP contribution in [-0.4, -0.2) is 23.5 Å². The lowest BCUT2D eigenvalue weighted by Crippen LogP contribution is -2.25. The van der Waals surface area contributed by atoms with Crippen molar-refractivity contribution in [1.29, 1.82) is 0 Å². The summed E-state index contributed by atoms with van der Waals surface area (Å²) in [5.74, 6) is -0.983. The predicted molar refractivity (Wildman–Crippen MR) is 66.2 cm³/mol. The molecular formula is C13H16N2O3. The second-order valence-electron chi connectivity index (χ2n) is 4.34. The Morgan fingerprint density at radius 1 is 1.28 bits per heavy atom. The van der Waals surface area contributed by atoms with Crippen molar-refractivity contribution in [2.75, 3.05) is 6.54 Å². The Morgan fingerprint density at radius 2 is 2.06 bits per heavy atom. The number of carbonyl (C=O) groups excluding carboxylic acids is 1. The molecule has 0 aromatic heterocycles. The van der Waals surface area contributed by atoms with Crippen molar-refractivity contribution in [3.05, 3.63) is 34.9 Å². The lowest BCUT2D eigenvalue weighted by atomic mass is 10.1. The maximum Gasteiger partial charge on any atom is 0.303 e. The molecule has 1 aliphatic heterocycles. The molecule has 1 aromatic rings. The van der Waals surface area contributed by atoms with E-state index in [9.17, 15) is 9.59 Å². The van der Waals surface area contributed by atoms with Gasteiger partial charge in [0.05, 0.1) is 0 Å². The minimum Gasteiger partial charge on any atom is -0.481 e. The summed E-state index contributed by atoms with van der Waals surface area (Å²) in [5, 5.41) is 14.4. The van der Waals surface area contributed by atoms with Gasteiger partial charge in [-0.15, -0.1) is 0 Å². The number of hydrogen-bond acceptors (Lipinski definition) is 3. The number of carboxylic acids is 1. The standard InChI is InChI=1S/C13H16N2O3/c16-12(17)2-1-5-15-13(18)9-3-4-10-7-14-8-11(10)6-9/h3-4,6,14H,1-2,5,7-8H2,(H,15,18)(H,16,17). The molecule has 5 heteroatoms. The van der Waals surface area contributed by atoms with Crippen molar-refractivity contribution >= 4 is 11.9 Å². The maximum atomic E-state index is 11.8. The van der Waals surface area contributed by atoms with Crippen molar-refractivity contribution in [3.8, 4) is 0 Å². The third-order valence-electron chi connectivity index (χ3n) is 2.95. The van der Waals surface area contributed by atoms with E-state index >= 15 is 0 Å². The summed E-state index contributed by atoms with van der Waals surface area (Å²) >= 11 is 0. The van der Waals surface area contributed by atoms with E-state index in [2.05, 4.69) is 10.6 Å². The highest BCUT2D eigenvalue weighted by Gasteiger charge is 2.13. The predicted octanol–water partition coefficient (Wildman–Crippen LogP) is 0.884. The normalized spacial score (nSPS) is 13.1. The molecule has 1 aromatic carbocycles. The van der Waals surface area contributed by atoms with E-state index in [1.54, 1.807) is 6.07 Å². The van der Waals surface area contributed by atoms with Gasteiger partial charge in [-0.3, -0.25) is 9.59 Å². The lowest BCUT2D eigenvalue weighted by molar-refractivity contribution is -0.137. The van der Waals surface area contributed by atoms with Crippen LogP contribution in [0.25, 0.3) is 0 Å². The SMILES string of the molecule is O=C(O)CCCNC(=O)c1ccc2c(c1)CNC2. The first-order valence-corrected chi connectivity index (χ1v) is 5.99. The summed E-state index contributed by atoms with van der Waals surface area (Å²) < 4.78 is 0. The van der Waals surface area contributed by atoms with E-state index in [0.717, 1.165) is 18.7 Å². The molecule has 0 bridgehead atoms. The number of aliphatic carboxylic acids is 1. The van der Waals surface area contributed by atoms with Gasteiger partial charge < -0.3 is 15.7 Å². The van der Waals surface area contributed by atoms with Crippen LogP contribution in [0.4, 0.5) is 0 Å². The zero-order valence-corrected chi connectivity index (χ0v) is 10.0. The molecule has 1 amide bonds. The second kappa shape index (κ2) is 5.64. The largest absolute Gasteiger partial charge is 0.481 e. The quantitative estimate of drug-likeness (QED) is 0.676. The van der Waals surface area contributed by atoms with Crippen molar-refractivity contribution in [2.24, 2.45) is 0 Å². The van der Waals surface area contributed by atoms with Crippen LogP contribution >= 0.6 is 0 Å². The Hall–Kier alpha value is -1.88. The molecule has 0 saturated heterocycles. The monoisotopic (exact) mass is 248 g/mol. The maximum absolute atomic E-state index is 11.8. The summed E-state index contributed by atoms with van der Waals surface area (Å²) in [7, 11) is 0. The van der Waals surface area contributed by atoms with Crippen molar-refractivity contribution < 1.29 is 14.7 Å². The first-order valence-electron chi connectivity index (χ1n) is 5.99. The fourth-order valence-electron chi connectivity index (χ4n) is 1.98. The van der Waals surface area contributed by atoms with Crippen LogP contribution in [0.1, 0.15) is 34.3 Å². The molecule has 0 spiro atoms. The van der Waals surface area contributed by atoms with Gasteiger partial charge in [0, 0.05) is 31.6 Å². The minimum absolute atomic E-state index is 0.0778. The third-order valence-corrected chi connectivity index (χ3v) is 2.95. The fraction of sp³-hybridized carbons (Fsp3) is 0.385. The molecule has 2 rings (SSSR count). The van der Waals surface area contributed by atoms with Gasteiger partial charge in [0.2, 0.25) is 0 Å². The lowest BCUT2D eigenvalue weighted by Gasteiger charge is -2.06. The van der Waals surface area contributed by atoms with Crippen LogP contribution in [0.3, 0.4) is 0 Å². The Labute approximate surface area is 105 Å². The third kappa shape index (κ3) is 3.07. The van der Waals surface area contributed by atoms with E-state index in [4.69, 9.17) is 5.11 Å². The first kappa shape index (κ1) is 12.6. The molecule has 18 heavy (non-hydrogen) atoms. The number of nitrogens with one attached hydrogen (secondary N) is 2. The molecule has 3 N–H and O–H groups in total. The number of rotatable bonds is 5. The minimum atomic E-state index is -0.840. The summed E-state index contributed by atoms with van der Waals surface area (Å²) in [4.78, 5) is 22.1. The van der Waals surface area contributed by atoms with Crippen LogP contribution in [0, 0.1) is 0 Å². The van der Waals surface area contributed by atoms with E-state index in [1.807, 2.05) is 12.1 Å². The molecule has 5 nitrogen and oxygen atoms in total. The van der Waals surface area contributed by atoms with Gasteiger partial charge in [-0.05, 0) is 29.7 Å². The van der Waals surface area contributed by atoms with Gasteiger partial charge in [0.15, 0.2) is 0 Å². The Bertz CT molecular complexity index is 471. The zero-order valence-electron chi connectivity index (χ0n) is 10.0. The second-order valence-corrected chi connectivity index (χ2v) is 4.34. The Morgan fingerprint density at radius 3 is 2.83 bits per heavy atom. The fourth-order valence-corrected chi connectivity index (χ4v) is 1.98. The van der Waals surface area contributed by atoms with Gasteiger partial charge in [-0.1, -0.05) is 6.07 Å². The summed E-state index contributed by atoms with van der Waals surface area (Å²) in [6.45, 7) is 2.05. The number of carboxylic acid groups (broad SMARTS) is 1. The number of hydrogen-bond donors (Lipinski definition) is 3. The molecule has 1 heterocycles. The van der Waals surface area contributed by atoms with E-state index in [-0.39, 0.29) is 12.3 Å².